The molecule has 1 aromatic heterocycles. The fourth-order valence-corrected chi connectivity index (χ4v) is 3.10. The van der Waals surface area contributed by atoms with Gasteiger partial charge in [-0.3, -0.25) is 0 Å². The number of anilines is 1. The first-order valence-electron chi connectivity index (χ1n) is 5.79. The number of aliphatic hydroxyl groups is 1. The van der Waals surface area contributed by atoms with Crippen LogP contribution >= 0.6 is 27.3 Å². The Hall–Kier alpha value is -0.840. The van der Waals surface area contributed by atoms with Crippen LogP contribution in [0.15, 0.2) is 40.2 Å². The van der Waals surface area contributed by atoms with E-state index in [0.29, 0.717) is 6.04 Å². The Balaban J connectivity index is 2.33. The van der Waals surface area contributed by atoms with Gasteiger partial charge in [-0.15, -0.1) is 11.3 Å². The maximum Gasteiger partial charge on any atom is 0.0702 e. The lowest BCUT2D eigenvalue weighted by Crippen LogP contribution is -2.22. The van der Waals surface area contributed by atoms with E-state index in [-0.39, 0.29) is 6.61 Å². The van der Waals surface area contributed by atoms with Gasteiger partial charge in [0.25, 0.3) is 0 Å². The minimum atomic E-state index is 0.0596. The lowest BCUT2D eigenvalue weighted by atomic mass is 10.1. The molecule has 1 aromatic carbocycles. The van der Waals surface area contributed by atoms with Gasteiger partial charge in [0.1, 0.15) is 0 Å². The highest BCUT2D eigenvalue weighted by molar-refractivity contribution is 9.10. The predicted octanol–water partition coefficient (Wildman–Crippen LogP) is 4.20. The van der Waals surface area contributed by atoms with Crippen LogP contribution in [0, 0.1) is 0 Å². The zero-order valence-corrected chi connectivity index (χ0v) is 12.8. The zero-order valence-electron chi connectivity index (χ0n) is 10.4. The quantitative estimate of drug-likeness (QED) is 0.910. The summed E-state index contributed by atoms with van der Waals surface area (Å²) in [7, 11) is 2.06. The van der Waals surface area contributed by atoms with E-state index < -0.39 is 0 Å². The standard InChI is InChI=1S/C14H16BrNOS/c1-10(14-4-3-7-18-14)16(2)13-8-12(15)6-5-11(13)9-17/h3-8,10,17H,9H2,1-2H3. The molecule has 0 saturated carbocycles. The van der Waals surface area contributed by atoms with Crippen molar-refractivity contribution in [3.05, 3.63) is 50.6 Å². The lowest BCUT2D eigenvalue weighted by molar-refractivity contribution is 0.282. The number of aliphatic hydroxyl groups excluding tert-OH is 1. The van der Waals surface area contributed by atoms with Gasteiger partial charge in [-0.05, 0) is 30.5 Å². The highest BCUT2D eigenvalue weighted by atomic mass is 79.9. The Labute approximate surface area is 120 Å². The second-order valence-corrected chi connectivity index (χ2v) is 6.13. The van der Waals surface area contributed by atoms with Gasteiger partial charge in [-0.25, -0.2) is 0 Å². The van der Waals surface area contributed by atoms with E-state index >= 15 is 0 Å². The Morgan fingerprint density at radius 1 is 1.39 bits per heavy atom. The van der Waals surface area contributed by atoms with Crippen molar-refractivity contribution in [1.82, 2.24) is 0 Å². The third-order valence-electron chi connectivity index (χ3n) is 3.13. The Morgan fingerprint density at radius 2 is 2.17 bits per heavy atom. The molecule has 0 fully saturated rings. The molecule has 18 heavy (non-hydrogen) atoms. The molecule has 1 heterocycles. The fraction of sp³-hybridized carbons (Fsp3) is 0.286. The normalized spacial score (nSPS) is 12.4. The molecule has 1 N–H and O–H groups in total. The SMILES string of the molecule is CC(c1cccs1)N(C)c1cc(Br)ccc1CO. The predicted molar refractivity (Wildman–Crippen MR) is 81.2 cm³/mol. The van der Waals surface area contributed by atoms with Gasteiger partial charge in [0.15, 0.2) is 0 Å². The van der Waals surface area contributed by atoms with Gasteiger partial charge in [-0.2, -0.15) is 0 Å². The largest absolute Gasteiger partial charge is 0.392 e. The molecule has 0 aliphatic rings. The number of rotatable bonds is 4. The second kappa shape index (κ2) is 5.87. The minimum Gasteiger partial charge on any atom is -0.392 e. The molecule has 0 radical (unpaired) electrons. The van der Waals surface area contributed by atoms with Crippen LogP contribution in [0.1, 0.15) is 23.4 Å². The van der Waals surface area contributed by atoms with E-state index in [1.54, 1.807) is 11.3 Å². The summed E-state index contributed by atoms with van der Waals surface area (Å²) in [6.07, 6.45) is 0. The molecular weight excluding hydrogens is 310 g/mol. The second-order valence-electron chi connectivity index (χ2n) is 4.23. The molecule has 0 aliphatic heterocycles. The van der Waals surface area contributed by atoms with Crippen molar-refractivity contribution in [2.45, 2.75) is 19.6 Å². The van der Waals surface area contributed by atoms with Crippen LogP contribution in [0.5, 0.6) is 0 Å². The molecule has 0 aliphatic carbocycles. The van der Waals surface area contributed by atoms with Crippen LogP contribution in [-0.2, 0) is 6.61 Å². The molecule has 1 unspecified atom stereocenters. The van der Waals surface area contributed by atoms with Crippen molar-refractivity contribution < 1.29 is 5.11 Å². The Morgan fingerprint density at radius 3 is 2.78 bits per heavy atom. The first-order chi connectivity index (χ1) is 8.63. The van der Waals surface area contributed by atoms with Crippen molar-refractivity contribution in [2.24, 2.45) is 0 Å². The number of nitrogens with zero attached hydrogens (tertiary/aromatic N) is 1. The Kier molecular flexibility index (Phi) is 4.43. The number of thiophene rings is 1. The molecule has 0 saturated heterocycles. The van der Waals surface area contributed by atoms with Gasteiger partial charge >= 0.3 is 0 Å². The summed E-state index contributed by atoms with van der Waals surface area (Å²) in [6, 6.07) is 10.5. The van der Waals surface area contributed by atoms with Gasteiger partial charge < -0.3 is 10.0 Å². The smallest absolute Gasteiger partial charge is 0.0702 e. The molecule has 2 rings (SSSR count). The van der Waals surface area contributed by atoms with E-state index in [1.807, 2.05) is 12.1 Å². The molecule has 96 valence electrons. The van der Waals surface area contributed by atoms with Gasteiger partial charge in [-0.1, -0.05) is 28.1 Å². The van der Waals surface area contributed by atoms with Crippen molar-refractivity contribution in [3.8, 4) is 0 Å². The molecule has 2 aromatic rings. The average Bonchev–Trinajstić information content (AvgIpc) is 2.90. The average molecular weight is 326 g/mol. The molecule has 2 nitrogen and oxygen atoms in total. The fourth-order valence-electron chi connectivity index (χ4n) is 1.93. The number of hydrogen-bond donors (Lipinski definition) is 1. The number of hydrogen-bond acceptors (Lipinski definition) is 3. The monoisotopic (exact) mass is 325 g/mol. The van der Waals surface area contributed by atoms with Crippen LogP contribution in [0.4, 0.5) is 5.69 Å². The minimum absolute atomic E-state index is 0.0596. The lowest BCUT2D eigenvalue weighted by Gasteiger charge is -2.28. The maximum atomic E-state index is 9.43. The molecule has 0 bridgehead atoms. The number of benzene rings is 1. The molecule has 0 amide bonds. The summed E-state index contributed by atoms with van der Waals surface area (Å²) in [5.74, 6) is 0. The maximum absolute atomic E-state index is 9.43. The van der Waals surface area contributed by atoms with Gasteiger partial charge in [0.05, 0.1) is 12.6 Å². The van der Waals surface area contributed by atoms with E-state index in [2.05, 4.69) is 58.4 Å². The van der Waals surface area contributed by atoms with Crippen LogP contribution < -0.4 is 4.90 Å². The van der Waals surface area contributed by atoms with Crippen molar-refractivity contribution >= 4 is 33.0 Å². The molecular formula is C14H16BrNOS. The molecule has 0 spiro atoms. The van der Waals surface area contributed by atoms with E-state index in [4.69, 9.17) is 0 Å². The number of halogens is 1. The van der Waals surface area contributed by atoms with Crippen molar-refractivity contribution in [3.63, 3.8) is 0 Å². The highest BCUT2D eigenvalue weighted by Gasteiger charge is 2.16. The van der Waals surface area contributed by atoms with E-state index in [0.717, 1.165) is 15.7 Å². The highest BCUT2D eigenvalue weighted by Crippen LogP contribution is 2.32. The van der Waals surface area contributed by atoms with Crippen LogP contribution in [0.25, 0.3) is 0 Å². The topological polar surface area (TPSA) is 23.5 Å². The summed E-state index contributed by atoms with van der Waals surface area (Å²) < 4.78 is 1.03. The van der Waals surface area contributed by atoms with Crippen molar-refractivity contribution in [1.29, 1.82) is 0 Å². The summed E-state index contributed by atoms with van der Waals surface area (Å²) in [4.78, 5) is 3.52. The summed E-state index contributed by atoms with van der Waals surface area (Å²) >= 11 is 5.24. The third kappa shape index (κ3) is 2.76. The summed E-state index contributed by atoms with van der Waals surface area (Å²) in [5, 5.41) is 11.5. The summed E-state index contributed by atoms with van der Waals surface area (Å²) in [6.45, 7) is 2.23. The zero-order chi connectivity index (χ0) is 13.1. The van der Waals surface area contributed by atoms with Crippen LogP contribution in [0.2, 0.25) is 0 Å². The van der Waals surface area contributed by atoms with Crippen LogP contribution in [-0.4, -0.2) is 12.2 Å². The van der Waals surface area contributed by atoms with Crippen LogP contribution in [0.3, 0.4) is 0 Å². The van der Waals surface area contributed by atoms with E-state index in [1.165, 1.54) is 4.88 Å². The van der Waals surface area contributed by atoms with Gasteiger partial charge in [0, 0.05) is 27.6 Å². The van der Waals surface area contributed by atoms with Crippen molar-refractivity contribution in [2.75, 3.05) is 11.9 Å². The Bertz CT molecular complexity index is 513. The first-order valence-corrected chi connectivity index (χ1v) is 7.46. The molecule has 1 atom stereocenters. The summed E-state index contributed by atoms with van der Waals surface area (Å²) in [5.41, 5.74) is 2.01. The third-order valence-corrected chi connectivity index (χ3v) is 4.67. The van der Waals surface area contributed by atoms with E-state index in [9.17, 15) is 5.11 Å². The molecule has 4 heteroatoms. The van der Waals surface area contributed by atoms with Gasteiger partial charge in [0.2, 0.25) is 0 Å². The first kappa shape index (κ1) is 13.6.